The Kier molecular flexibility index (Phi) is 3.81. The molecule has 1 aromatic heterocycles. The number of carbonyl (C=O) groups is 2. The van der Waals surface area contributed by atoms with Crippen LogP contribution in [0.15, 0.2) is 30.7 Å². The van der Waals surface area contributed by atoms with Crippen molar-refractivity contribution >= 4 is 17.5 Å². The fraction of sp³-hybridized carbons (Fsp3) is 0.267. The Morgan fingerprint density at radius 2 is 2.04 bits per heavy atom. The maximum absolute atomic E-state index is 13.8. The molecule has 1 saturated heterocycles. The number of imidazole rings is 1. The van der Waals surface area contributed by atoms with Crippen molar-refractivity contribution in [1.29, 1.82) is 0 Å². The van der Waals surface area contributed by atoms with Gasteiger partial charge < -0.3 is 14.8 Å². The minimum absolute atomic E-state index is 0.00919. The quantitative estimate of drug-likeness (QED) is 0.925. The van der Waals surface area contributed by atoms with Gasteiger partial charge >= 0.3 is 0 Å². The first-order chi connectivity index (χ1) is 11.0. The van der Waals surface area contributed by atoms with Gasteiger partial charge in [0.2, 0.25) is 5.91 Å². The summed E-state index contributed by atoms with van der Waals surface area (Å²) in [6, 6.07) is 2.88. The standard InChI is InChI=1S/C15H14F2N4O2/c1-20-7-12(18-8-20)15(23)19-9-5-13(22)21(6-9)14-10(16)3-2-4-11(14)17/h2-4,7-9H,5-6H2,1H3,(H,19,23). The summed E-state index contributed by atoms with van der Waals surface area (Å²) < 4.78 is 29.2. The molecule has 8 heteroatoms. The monoisotopic (exact) mass is 320 g/mol. The van der Waals surface area contributed by atoms with Gasteiger partial charge in [-0.1, -0.05) is 6.07 Å². The Hall–Kier alpha value is -2.77. The summed E-state index contributed by atoms with van der Waals surface area (Å²) in [6.07, 6.45) is 3.00. The van der Waals surface area contributed by atoms with E-state index < -0.39 is 29.5 Å². The number of carbonyl (C=O) groups excluding carboxylic acids is 2. The first-order valence-electron chi connectivity index (χ1n) is 6.99. The van der Waals surface area contributed by atoms with E-state index in [-0.39, 0.29) is 24.3 Å². The first-order valence-corrected chi connectivity index (χ1v) is 6.99. The van der Waals surface area contributed by atoms with Crippen molar-refractivity contribution in [2.24, 2.45) is 7.05 Å². The lowest BCUT2D eigenvalue weighted by Crippen LogP contribution is -2.37. The van der Waals surface area contributed by atoms with Crippen LogP contribution in [-0.2, 0) is 11.8 Å². The molecule has 6 nitrogen and oxygen atoms in total. The van der Waals surface area contributed by atoms with E-state index in [1.165, 1.54) is 12.4 Å². The zero-order valence-electron chi connectivity index (χ0n) is 12.3. The van der Waals surface area contributed by atoms with E-state index in [0.29, 0.717) is 0 Å². The van der Waals surface area contributed by atoms with Crippen LogP contribution in [0.1, 0.15) is 16.9 Å². The highest BCUT2D eigenvalue weighted by Gasteiger charge is 2.34. The second-order valence-corrected chi connectivity index (χ2v) is 5.37. The number of hydrogen-bond donors (Lipinski definition) is 1. The number of halogens is 2. The molecule has 0 spiro atoms. The normalized spacial score (nSPS) is 17.6. The molecule has 2 amide bonds. The van der Waals surface area contributed by atoms with E-state index in [1.807, 2.05) is 0 Å². The third-order valence-electron chi connectivity index (χ3n) is 3.61. The van der Waals surface area contributed by atoms with Gasteiger partial charge in [0.05, 0.1) is 12.4 Å². The van der Waals surface area contributed by atoms with E-state index in [9.17, 15) is 18.4 Å². The Morgan fingerprint density at radius 1 is 1.35 bits per heavy atom. The van der Waals surface area contributed by atoms with Gasteiger partial charge in [-0.05, 0) is 12.1 Å². The number of anilines is 1. The topological polar surface area (TPSA) is 67.2 Å². The molecular formula is C15H14F2N4O2. The Labute approximate surface area is 130 Å². The van der Waals surface area contributed by atoms with E-state index in [4.69, 9.17) is 0 Å². The number of amides is 2. The number of aromatic nitrogens is 2. The largest absolute Gasteiger partial charge is 0.346 e. The second kappa shape index (κ2) is 5.79. The fourth-order valence-electron chi connectivity index (χ4n) is 2.56. The van der Waals surface area contributed by atoms with Crippen LogP contribution in [0.4, 0.5) is 14.5 Å². The summed E-state index contributed by atoms with van der Waals surface area (Å²) in [4.78, 5) is 29.0. The van der Waals surface area contributed by atoms with Crippen molar-refractivity contribution in [2.75, 3.05) is 11.4 Å². The van der Waals surface area contributed by atoms with Crippen LogP contribution >= 0.6 is 0 Å². The zero-order chi connectivity index (χ0) is 16.6. The third kappa shape index (κ3) is 2.92. The smallest absolute Gasteiger partial charge is 0.271 e. The number of benzene rings is 1. The molecule has 23 heavy (non-hydrogen) atoms. The molecular weight excluding hydrogens is 306 g/mol. The molecule has 1 unspecified atom stereocenters. The van der Waals surface area contributed by atoms with Gasteiger partial charge in [-0.2, -0.15) is 0 Å². The molecule has 0 bridgehead atoms. The number of aryl methyl sites for hydroxylation is 1. The van der Waals surface area contributed by atoms with E-state index in [1.54, 1.807) is 17.8 Å². The predicted octanol–water partition coefficient (Wildman–Crippen LogP) is 1.23. The maximum Gasteiger partial charge on any atom is 0.271 e. The van der Waals surface area contributed by atoms with Gasteiger partial charge in [-0.25, -0.2) is 13.8 Å². The van der Waals surface area contributed by atoms with Gasteiger partial charge in [0.25, 0.3) is 5.91 Å². The summed E-state index contributed by atoms with van der Waals surface area (Å²) in [5.41, 5.74) is -0.164. The molecule has 0 aliphatic carbocycles. The van der Waals surface area contributed by atoms with Crippen molar-refractivity contribution in [3.05, 3.63) is 48.1 Å². The summed E-state index contributed by atoms with van der Waals surface area (Å²) >= 11 is 0. The van der Waals surface area contributed by atoms with Gasteiger partial charge in [0.1, 0.15) is 23.0 Å². The Bertz CT molecular complexity index is 754. The number of hydrogen-bond acceptors (Lipinski definition) is 3. The van der Waals surface area contributed by atoms with E-state index in [0.717, 1.165) is 17.0 Å². The van der Waals surface area contributed by atoms with E-state index >= 15 is 0 Å². The molecule has 1 N–H and O–H groups in total. The number of para-hydroxylation sites is 1. The van der Waals surface area contributed by atoms with Crippen molar-refractivity contribution < 1.29 is 18.4 Å². The van der Waals surface area contributed by atoms with E-state index in [2.05, 4.69) is 10.3 Å². The molecule has 1 aliphatic rings. The highest BCUT2D eigenvalue weighted by molar-refractivity contribution is 5.98. The van der Waals surface area contributed by atoms with Crippen molar-refractivity contribution in [3.8, 4) is 0 Å². The average molecular weight is 320 g/mol. The van der Waals surface area contributed by atoms with Crippen LogP contribution in [0, 0.1) is 11.6 Å². The predicted molar refractivity (Wildman–Crippen MR) is 77.8 cm³/mol. The van der Waals surface area contributed by atoms with Crippen LogP contribution in [0.25, 0.3) is 0 Å². The summed E-state index contributed by atoms with van der Waals surface area (Å²) in [5, 5.41) is 2.66. The third-order valence-corrected chi connectivity index (χ3v) is 3.61. The molecule has 2 heterocycles. The van der Waals surface area contributed by atoms with Crippen molar-refractivity contribution in [1.82, 2.24) is 14.9 Å². The fourth-order valence-corrected chi connectivity index (χ4v) is 2.56. The minimum atomic E-state index is -0.810. The van der Waals surface area contributed by atoms with Crippen LogP contribution < -0.4 is 10.2 Å². The molecule has 1 aliphatic heterocycles. The summed E-state index contributed by atoms with van der Waals surface area (Å²) in [7, 11) is 1.73. The minimum Gasteiger partial charge on any atom is -0.346 e. The van der Waals surface area contributed by atoms with Crippen LogP contribution in [0.3, 0.4) is 0 Å². The molecule has 120 valence electrons. The second-order valence-electron chi connectivity index (χ2n) is 5.37. The molecule has 2 aromatic rings. The number of nitrogens with one attached hydrogen (secondary N) is 1. The molecule has 0 radical (unpaired) electrons. The van der Waals surface area contributed by atoms with Gasteiger partial charge in [0, 0.05) is 26.2 Å². The molecule has 3 rings (SSSR count). The van der Waals surface area contributed by atoms with Gasteiger partial charge in [-0.15, -0.1) is 0 Å². The zero-order valence-corrected chi connectivity index (χ0v) is 12.3. The lowest BCUT2D eigenvalue weighted by atomic mass is 10.2. The van der Waals surface area contributed by atoms with Crippen LogP contribution in [-0.4, -0.2) is 34.0 Å². The van der Waals surface area contributed by atoms with Crippen molar-refractivity contribution in [2.45, 2.75) is 12.5 Å². The molecule has 0 saturated carbocycles. The van der Waals surface area contributed by atoms with Crippen LogP contribution in [0.2, 0.25) is 0 Å². The SMILES string of the molecule is Cn1cnc(C(=O)NC2CC(=O)N(c3c(F)cccc3F)C2)c1. The highest BCUT2D eigenvalue weighted by Crippen LogP contribution is 2.27. The Morgan fingerprint density at radius 3 is 2.65 bits per heavy atom. The number of nitrogens with zero attached hydrogens (tertiary/aromatic N) is 3. The summed E-state index contributed by atoms with van der Waals surface area (Å²) in [5.74, 6) is -2.50. The number of rotatable bonds is 3. The summed E-state index contributed by atoms with van der Waals surface area (Å²) in [6.45, 7) is 0.00919. The first kappa shape index (κ1) is 15.1. The van der Waals surface area contributed by atoms with Gasteiger partial charge in [0.15, 0.2) is 0 Å². The average Bonchev–Trinajstić information content (AvgIpc) is 3.06. The molecule has 1 aromatic carbocycles. The molecule has 1 atom stereocenters. The highest BCUT2D eigenvalue weighted by atomic mass is 19.1. The Balaban J connectivity index is 1.74. The van der Waals surface area contributed by atoms with Crippen molar-refractivity contribution in [3.63, 3.8) is 0 Å². The lowest BCUT2D eigenvalue weighted by molar-refractivity contribution is -0.117. The maximum atomic E-state index is 13.8. The van der Waals surface area contributed by atoms with Gasteiger partial charge in [-0.3, -0.25) is 9.59 Å². The van der Waals surface area contributed by atoms with Crippen LogP contribution in [0.5, 0.6) is 0 Å². The lowest BCUT2D eigenvalue weighted by Gasteiger charge is -2.18. The molecule has 1 fully saturated rings.